The van der Waals surface area contributed by atoms with E-state index in [0.29, 0.717) is 22.6 Å². The van der Waals surface area contributed by atoms with Gasteiger partial charge < -0.3 is 15.7 Å². The Balaban J connectivity index is 1.52. The maximum Gasteiger partial charge on any atom is 0.270 e. The number of rotatable bonds is 10. The predicted octanol–water partition coefficient (Wildman–Crippen LogP) is 5.53. The van der Waals surface area contributed by atoms with Crippen LogP contribution in [0.15, 0.2) is 66.7 Å². The molecule has 0 saturated heterocycles. The van der Waals surface area contributed by atoms with Gasteiger partial charge in [0.25, 0.3) is 5.91 Å². The van der Waals surface area contributed by atoms with Crippen LogP contribution in [-0.4, -0.2) is 34.7 Å². The number of carbonyl (C=O) groups is 1. The molecule has 1 aromatic heterocycles. The van der Waals surface area contributed by atoms with E-state index in [2.05, 4.69) is 34.7 Å². The molecule has 2 atom stereocenters. The minimum atomic E-state index is -1.06. The lowest BCUT2D eigenvalue weighted by Crippen LogP contribution is -2.48. The summed E-state index contributed by atoms with van der Waals surface area (Å²) in [7, 11) is 0. The third-order valence-corrected chi connectivity index (χ3v) is 6.70. The summed E-state index contributed by atoms with van der Waals surface area (Å²) >= 11 is 6.43. The molecule has 0 saturated carbocycles. The number of halogens is 3. The van der Waals surface area contributed by atoms with Gasteiger partial charge >= 0.3 is 0 Å². The average Bonchev–Trinajstić information content (AvgIpc) is 2.88. The molecular formula is C30H30ClF2N3O2. The van der Waals surface area contributed by atoms with Crippen molar-refractivity contribution in [2.24, 2.45) is 0 Å². The number of fused-ring (bicyclic) bond motifs is 1. The van der Waals surface area contributed by atoms with E-state index < -0.39 is 29.7 Å². The van der Waals surface area contributed by atoms with Crippen LogP contribution in [-0.2, 0) is 19.4 Å². The minimum absolute atomic E-state index is 0.00902. The third-order valence-electron chi connectivity index (χ3n) is 6.39. The first kappa shape index (κ1) is 27.6. The third kappa shape index (κ3) is 7.13. The zero-order valence-corrected chi connectivity index (χ0v) is 22.0. The van der Waals surface area contributed by atoms with Gasteiger partial charge in [0.15, 0.2) is 0 Å². The smallest absolute Gasteiger partial charge is 0.270 e. The highest BCUT2D eigenvalue weighted by molar-refractivity contribution is 6.35. The monoisotopic (exact) mass is 537 g/mol. The second-order valence-electron chi connectivity index (χ2n) is 9.44. The maximum atomic E-state index is 13.9. The van der Waals surface area contributed by atoms with Crippen LogP contribution in [0.1, 0.15) is 39.7 Å². The van der Waals surface area contributed by atoms with E-state index in [9.17, 15) is 18.7 Å². The summed E-state index contributed by atoms with van der Waals surface area (Å²) in [6.07, 6.45) is -0.130. The molecule has 3 aromatic carbocycles. The molecule has 5 nitrogen and oxygen atoms in total. The molecule has 3 N–H and O–H groups in total. The van der Waals surface area contributed by atoms with E-state index in [1.165, 1.54) is 23.8 Å². The molecule has 1 amide bonds. The van der Waals surface area contributed by atoms with Crippen molar-refractivity contribution in [3.63, 3.8) is 0 Å². The highest BCUT2D eigenvalue weighted by Crippen LogP contribution is 2.24. The quantitative estimate of drug-likeness (QED) is 0.249. The molecule has 4 rings (SSSR count). The van der Waals surface area contributed by atoms with Crippen LogP contribution in [0, 0.1) is 18.6 Å². The normalized spacial score (nSPS) is 12.9. The number of benzene rings is 3. The van der Waals surface area contributed by atoms with Crippen molar-refractivity contribution in [3.8, 4) is 0 Å². The Morgan fingerprint density at radius 2 is 1.74 bits per heavy atom. The van der Waals surface area contributed by atoms with E-state index in [1.54, 1.807) is 6.07 Å². The number of carbonyl (C=O) groups excluding carboxylic acids is 1. The van der Waals surface area contributed by atoms with Crippen molar-refractivity contribution in [1.29, 1.82) is 0 Å². The van der Waals surface area contributed by atoms with Gasteiger partial charge in [-0.05, 0) is 66.8 Å². The number of aliphatic hydroxyl groups is 1. The van der Waals surface area contributed by atoms with Crippen LogP contribution in [0.25, 0.3) is 10.9 Å². The number of pyridine rings is 1. The van der Waals surface area contributed by atoms with Crippen molar-refractivity contribution in [3.05, 3.63) is 111 Å². The molecule has 0 aliphatic rings. The second-order valence-corrected chi connectivity index (χ2v) is 9.85. The Bertz CT molecular complexity index is 1430. The Hall–Kier alpha value is -3.39. The molecule has 0 aliphatic heterocycles. The van der Waals surface area contributed by atoms with E-state index in [4.69, 9.17) is 11.6 Å². The number of nitrogens with one attached hydrogen (secondary N) is 2. The Labute approximate surface area is 225 Å². The molecule has 0 bridgehead atoms. The number of nitrogens with zero attached hydrogens (tertiary/aromatic N) is 1. The lowest BCUT2D eigenvalue weighted by atomic mass is 10.00. The van der Waals surface area contributed by atoms with Crippen LogP contribution in [0.2, 0.25) is 5.02 Å². The summed E-state index contributed by atoms with van der Waals surface area (Å²) in [6.45, 7) is 4.68. The van der Waals surface area contributed by atoms with Crippen LogP contribution >= 0.6 is 11.6 Å². The zero-order valence-electron chi connectivity index (χ0n) is 21.3. The molecule has 38 heavy (non-hydrogen) atoms. The first-order valence-electron chi connectivity index (χ1n) is 12.5. The van der Waals surface area contributed by atoms with Crippen molar-refractivity contribution in [2.75, 3.05) is 6.54 Å². The standard InChI is InChI=1S/C30H30ClF2N3O2/c1-3-19-5-4-6-20(10-19)16-34-17-29(37)27(13-21-11-22(32)14-23(33)12-21)36-30(38)28-15-25(31)24-9-18(2)7-8-26(24)35-28/h4-12,14-15,27,29,34,37H,3,13,16-17H2,1-2H3,(H,36,38)/t27-,29+/m0/s1. The largest absolute Gasteiger partial charge is 0.390 e. The highest BCUT2D eigenvalue weighted by Gasteiger charge is 2.24. The van der Waals surface area contributed by atoms with Crippen molar-refractivity contribution in [1.82, 2.24) is 15.6 Å². The van der Waals surface area contributed by atoms with Crippen LogP contribution in [0.4, 0.5) is 8.78 Å². The van der Waals surface area contributed by atoms with E-state index in [-0.39, 0.29) is 18.7 Å². The van der Waals surface area contributed by atoms with Gasteiger partial charge in [0.1, 0.15) is 17.3 Å². The van der Waals surface area contributed by atoms with Gasteiger partial charge in [-0.2, -0.15) is 0 Å². The summed E-state index contributed by atoms with van der Waals surface area (Å²) < 4.78 is 27.7. The number of aliphatic hydroxyl groups excluding tert-OH is 1. The summed E-state index contributed by atoms with van der Waals surface area (Å²) in [5.41, 5.74) is 4.24. The number of aromatic nitrogens is 1. The summed E-state index contributed by atoms with van der Waals surface area (Å²) in [5.74, 6) is -2.01. The summed E-state index contributed by atoms with van der Waals surface area (Å²) in [6, 6.07) is 17.4. The lowest BCUT2D eigenvalue weighted by Gasteiger charge is -2.25. The van der Waals surface area contributed by atoms with E-state index in [0.717, 1.165) is 29.0 Å². The fourth-order valence-electron chi connectivity index (χ4n) is 4.39. The number of hydrogen-bond donors (Lipinski definition) is 3. The molecule has 0 radical (unpaired) electrons. The topological polar surface area (TPSA) is 74.2 Å². The molecule has 8 heteroatoms. The zero-order chi connectivity index (χ0) is 27.2. The Kier molecular flexibility index (Phi) is 9.05. The average molecular weight is 538 g/mol. The Morgan fingerprint density at radius 3 is 2.47 bits per heavy atom. The predicted molar refractivity (Wildman–Crippen MR) is 146 cm³/mol. The van der Waals surface area contributed by atoms with E-state index >= 15 is 0 Å². The van der Waals surface area contributed by atoms with Gasteiger partial charge in [-0.3, -0.25) is 4.79 Å². The SMILES string of the molecule is CCc1cccc(CNC[C@@H](O)[C@H](Cc2cc(F)cc(F)c2)NC(=O)c2cc(Cl)c3cc(C)ccc3n2)c1. The Morgan fingerprint density at radius 1 is 1.00 bits per heavy atom. The first-order valence-corrected chi connectivity index (χ1v) is 12.9. The number of hydrogen-bond acceptors (Lipinski definition) is 4. The molecular weight excluding hydrogens is 508 g/mol. The van der Waals surface area contributed by atoms with Crippen LogP contribution in [0.3, 0.4) is 0 Å². The van der Waals surface area contributed by atoms with Crippen LogP contribution in [0.5, 0.6) is 0 Å². The fourth-order valence-corrected chi connectivity index (χ4v) is 4.64. The molecule has 4 aromatic rings. The van der Waals surface area contributed by atoms with Crippen molar-refractivity contribution in [2.45, 2.75) is 45.4 Å². The summed E-state index contributed by atoms with van der Waals surface area (Å²) in [5, 5.41) is 18.1. The second kappa shape index (κ2) is 12.4. The van der Waals surface area contributed by atoms with Gasteiger partial charge in [0.2, 0.25) is 0 Å². The van der Waals surface area contributed by atoms with Crippen molar-refractivity contribution >= 4 is 28.4 Å². The first-order chi connectivity index (χ1) is 18.2. The van der Waals surface area contributed by atoms with Gasteiger partial charge in [0, 0.05) is 24.5 Å². The van der Waals surface area contributed by atoms with Gasteiger partial charge in [-0.1, -0.05) is 54.4 Å². The van der Waals surface area contributed by atoms with Crippen LogP contribution < -0.4 is 10.6 Å². The van der Waals surface area contributed by atoms with Gasteiger partial charge in [0.05, 0.1) is 22.7 Å². The molecule has 0 fully saturated rings. The summed E-state index contributed by atoms with van der Waals surface area (Å²) in [4.78, 5) is 17.6. The van der Waals surface area contributed by atoms with Gasteiger partial charge in [-0.15, -0.1) is 0 Å². The number of amides is 1. The molecule has 1 heterocycles. The minimum Gasteiger partial charge on any atom is -0.390 e. The molecule has 0 spiro atoms. The van der Waals surface area contributed by atoms with E-state index in [1.807, 2.05) is 31.2 Å². The maximum absolute atomic E-state index is 13.9. The molecule has 198 valence electrons. The molecule has 0 aliphatic carbocycles. The van der Waals surface area contributed by atoms with Gasteiger partial charge in [-0.25, -0.2) is 13.8 Å². The fraction of sp³-hybridized carbons (Fsp3) is 0.267. The highest BCUT2D eigenvalue weighted by atomic mass is 35.5. The molecule has 0 unspecified atom stereocenters. The lowest BCUT2D eigenvalue weighted by molar-refractivity contribution is 0.0825. The number of aryl methyl sites for hydroxylation is 2. The van der Waals surface area contributed by atoms with Crippen molar-refractivity contribution < 1.29 is 18.7 Å².